The molecule has 1 aromatic carbocycles. The summed E-state index contributed by atoms with van der Waals surface area (Å²) >= 11 is 1.48. The zero-order valence-electron chi connectivity index (χ0n) is 20.6. The van der Waals surface area contributed by atoms with Gasteiger partial charge in [-0.25, -0.2) is 14.4 Å². The van der Waals surface area contributed by atoms with E-state index in [4.69, 9.17) is 4.74 Å². The van der Waals surface area contributed by atoms with Crippen LogP contribution in [0.2, 0.25) is 0 Å². The molecule has 3 aromatic rings. The van der Waals surface area contributed by atoms with Crippen LogP contribution in [0.25, 0.3) is 10.4 Å². The monoisotopic (exact) mass is 496 g/mol. The molecule has 0 unspecified atom stereocenters. The van der Waals surface area contributed by atoms with E-state index in [1.807, 2.05) is 18.3 Å². The third-order valence-corrected chi connectivity index (χ3v) is 7.67. The van der Waals surface area contributed by atoms with Crippen molar-refractivity contribution < 1.29 is 9.13 Å². The molecule has 4 heterocycles. The van der Waals surface area contributed by atoms with Crippen LogP contribution in [0.4, 0.5) is 21.0 Å². The van der Waals surface area contributed by atoms with Gasteiger partial charge in [0.2, 0.25) is 0 Å². The number of hydrogen-bond donors (Lipinski definition) is 1. The summed E-state index contributed by atoms with van der Waals surface area (Å²) in [5, 5.41) is 4.02. The van der Waals surface area contributed by atoms with Crippen LogP contribution in [0.3, 0.4) is 0 Å². The molecule has 0 atom stereocenters. The molecule has 1 N–H and O–H groups in total. The van der Waals surface area contributed by atoms with E-state index >= 15 is 0 Å². The Balaban J connectivity index is 1.25. The Hall–Kier alpha value is -2.75. The maximum Gasteiger partial charge on any atom is 0.188 e. The largest absolute Gasteiger partial charge is 0.486 e. The number of thiazole rings is 1. The number of aromatic nitrogens is 2. The van der Waals surface area contributed by atoms with E-state index in [1.165, 1.54) is 23.0 Å². The van der Waals surface area contributed by atoms with Crippen LogP contribution in [-0.4, -0.2) is 71.7 Å². The summed E-state index contributed by atoms with van der Waals surface area (Å²) in [7, 11) is 0. The van der Waals surface area contributed by atoms with Gasteiger partial charge in [0.15, 0.2) is 16.7 Å². The van der Waals surface area contributed by atoms with Gasteiger partial charge in [-0.05, 0) is 49.7 Å². The van der Waals surface area contributed by atoms with Crippen molar-refractivity contribution in [1.29, 1.82) is 0 Å². The molecule has 0 bridgehead atoms. The fourth-order valence-electron chi connectivity index (χ4n) is 4.67. The number of fused-ring (bicyclic) bond motifs is 1. The van der Waals surface area contributed by atoms with E-state index in [1.54, 1.807) is 6.20 Å². The summed E-state index contributed by atoms with van der Waals surface area (Å²) in [6, 6.07) is 7.92. The molecule has 35 heavy (non-hydrogen) atoms. The minimum absolute atomic E-state index is 0.265. The molecular weight excluding hydrogens is 463 g/mol. The number of piperazine rings is 1. The zero-order valence-corrected chi connectivity index (χ0v) is 21.4. The van der Waals surface area contributed by atoms with Crippen LogP contribution in [0.15, 0.2) is 36.7 Å². The molecule has 0 aliphatic carbocycles. The topological polar surface area (TPSA) is 56.8 Å². The lowest BCUT2D eigenvalue weighted by atomic mass is 10.1. The van der Waals surface area contributed by atoms with Gasteiger partial charge in [0, 0.05) is 51.2 Å². The molecule has 2 aliphatic heterocycles. The Bertz CT molecular complexity index is 1140. The summed E-state index contributed by atoms with van der Waals surface area (Å²) in [6.45, 7) is 14.2. The number of rotatable bonds is 7. The minimum Gasteiger partial charge on any atom is -0.486 e. The van der Waals surface area contributed by atoms with Gasteiger partial charge in [-0.1, -0.05) is 24.3 Å². The smallest absolute Gasteiger partial charge is 0.188 e. The highest BCUT2D eigenvalue weighted by molar-refractivity contribution is 7.18. The summed E-state index contributed by atoms with van der Waals surface area (Å²) < 4.78 is 20.5. The highest BCUT2D eigenvalue weighted by atomic mass is 32.1. The molecule has 0 saturated carbocycles. The van der Waals surface area contributed by atoms with Crippen LogP contribution in [0.1, 0.15) is 26.3 Å². The Labute approximate surface area is 210 Å². The van der Waals surface area contributed by atoms with Crippen LogP contribution in [0, 0.1) is 5.82 Å². The zero-order chi connectivity index (χ0) is 24.4. The van der Waals surface area contributed by atoms with Crippen molar-refractivity contribution in [1.82, 2.24) is 19.8 Å². The van der Waals surface area contributed by atoms with Crippen molar-refractivity contribution >= 4 is 28.0 Å². The first-order valence-corrected chi connectivity index (χ1v) is 13.2. The number of ether oxygens (including phenoxy) is 1. The van der Waals surface area contributed by atoms with Gasteiger partial charge in [-0.15, -0.1) is 0 Å². The SMILES string of the molecule is CCN1CCN(Cc2ccc(Nc3ncc(-c4cc(F)c5c(c4)N(C(C)C)CCO5)s3)nc2)CC1. The maximum atomic E-state index is 14.9. The molecule has 0 spiro atoms. The van der Waals surface area contributed by atoms with E-state index in [0.29, 0.717) is 12.4 Å². The van der Waals surface area contributed by atoms with Gasteiger partial charge in [0.25, 0.3) is 0 Å². The Morgan fingerprint density at radius 3 is 2.57 bits per heavy atom. The minimum atomic E-state index is -0.334. The number of benzene rings is 1. The molecule has 186 valence electrons. The van der Waals surface area contributed by atoms with Crippen molar-refractivity contribution in [3.8, 4) is 16.2 Å². The average molecular weight is 497 g/mol. The second-order valence-corrected chi connectivity index (χ2v) is 10.4. The molecule has 0 radical (unpaired) electrons. The quantitative estimate of drug-likeness (QED) is 0.503. The normalized spacial score (nSPS) is 16.9. The molecule has 0 amide bonds. The Kier molecular flexibility index (Phi) is 7.17. The summed E-state index contributed by atoms with van der Waals surface area (Å²) in [5.41, 5.74) is 2.81. The summed E-state index contributed by atoms with van der Waals surface area (Å²) in [5.74, 6) is 0.758. The molecule has 9 heteroatoms. The van der Waals surface area contributed by atoms with Crippen LogP contribution >= 0.6 is 11.3 Å². The average Bonchev–Trinajstić information content (AvgIpc) is 3.34. The predicted octanol–water partition coefficient (Wildman–Crippen LogP) is 4.83. The molecule has 5 rings (SSSR count). The van der Waals surface area contributed by atoms with Crippen molar-refractivity contribution in [3.05, 3.63) is 48.0 Å². The Morgan fingerprint density at radius 1 is 1.06 bits per heavy atom. The third-order valence-electron chi connectivity index (χ3n) is 6.70. The van der Waals surface area contributed by atoms with E-state index in [-0.39, 0.29) is 11.9 Å². The molecular formula is C26H33FN6OS. The lowest BCUT2D eigenvalue weighted by Crippen LogP contribution is -2.45. The number of halogens is 1. The van der Waals surface area contributed by atoms with Gasteiger partial charge in [0.1, 0.15) is 12.4 Å². The van der Waals surface area contributed by atoms with Gasteiger partial charge >= 0.3 is 0 Å². The van der Waals surface area contributed by atoms with E-state index < -0.39 is 0 Å². The lowest BCUT2D eigenvalue weighted by molar-refractivity contribution is 0.132. The fraction of sp³-hybridized carbons (Fsp3) is 0.462. The standard InChI is InChI=1S/C26H33FN6OS/c1-4-31-7-9-32(10-8-31)17-19-5-6-24(28-15-19)30-26-29-16-23(35-26)20-13-21(27)25-22(14-20)33(18(2)3)11-12-34-25/h5-6,13-16,18H,4,7-12,17H2,1-3H3,(H,28,29,30). The molecule has 2 aliphatic rings. The van der Waals surface area contributed by atoms with Crippen LogP contribution < -0.4 is 15.0 Å². The van der Waals surface area contributed by atoms with E-state index in [2.05, 4.69) is 56.8 Å². The first kappa shape index (κ1) is 24.0. The fourth-order valence-corrected chi connectivity index (χ4v) is 5.48. The summed E-state index contributed by atoms with van der Waals surface area (Å²) in [6.07, 6.45) is 3.71. The number of nitrogens with one attached hydrogen (secondary N) is 1. The van der Waals surface area contributed by atoms with Crippen LogP contribution in [-0.2, 0) is 6.54 Å². The molecule has 1 saturated heterocycles. The number of likely N-dealkylation sites (N-methyl/N-ethyl adjacent to an activating group) is 1. The molecule has 7 nitrogen and oxygen atoms in total. The van der Waals surface area contributed by atoms with Crippen molar-refractivity contribution in [2.45, 2.75) is 33.4 Å². The highest BCUT2D eigenvalue weighted by Gasteiger charge is 2.25. The number of pyridine rings is 1. The lowest BCUT2D eigenvalue weighted by Gasteiger charge is -2.34. The molecule has 2 aromatic heterocycles. The van der Waals surface area contributed by atoms with E-state index in [9.17, 15) is 4.39 Å². The Morgan fingerprint density at radius 2 is 1.86 bits per heavy atom. The summed E-state index contributed by atoms with van der Waals surface area (Å²) in [4.78, 5) is 17.1. The van der Waals surface area contributed by atoms with Gasteiger partial charge in [-0.3, -0.25) is 4.90 Å². The number of anilines is 3. The molecule has 1 fully saturated rings. The van der Waals surface area contributed by atoms with Crippen molar-refractivity contribution in [3.63, 3.8) is 0 Å². The highest BCUT2D eigenvalue weighted by Crippen LogP contribution is 2.41. The van der Waals surface area contributed by atoms with Gasteiger partial charge in [-0.2, -0.15) is 0 Å². The first-order valence-electron chi connectivity index (χ1n) is 12.4. The second-order valence-electron chi connectivity index (χ2n) is 9.36. The maximum absolute atomic E-state index is 14.9. The van der Waals surface area contributed by atoms with Crippen LogP contribution in [0.5, 0.6) is 5.75 Å². The third kappa shape index (κ3) is 5.42. The van der Waals surface area contributed by atoms with Gasteiger partial charge < -0.3 is 19.9 Å². The second kappa shape index (κ2) is 10.5. The number of hydrogen-bond acceptors (Lipinski definition) is 8. The van der Waals surface area contributed by atoms with Crippen molar-refractivity contribution in [2.75, 3.05) is 56.1 Å². The van der Waals surface area contributed by atoms with E-state index in [0.717, 1.165) is 72.9 Å². The van der Waals surface area contributed by atoms with Gasteiger partial charge in [0.05, 0.1) is 17.1 Å². The predicted molar refractivity (Wildman–Crippen MR) is 140 cm³/mol. The first-order chi connectivity index (χ1) is 17.0. The number of nitrogens with zero attached hydrogens (tertiary/aromatic N) is 5. The van der Waals surface area contributed by atoms with Crippen molar-refractivity contribution in [2.24, 2.45) is 0 Å².